The predicted molar refractivity (Wildman–Crippen MR) is 112 cm³/mol. The summed E-state index contributed by atoms with van der Waals surface area (Å²) in [4.78, 5) is 6.69. The molecule has 142 valence electrons. The Hall–Kier alpha value is -0.890. The van der Waals surface area contributed by atoms with Crippen molar-refractivity contribution in [3.8, 4) is 0 Å². The topological polar surface area (TPSA) is 36.9 Å². The van der Waals surface area contributed by atoms with Crippen LogP contribution in [0.25, 0.3) is 0 Å². The lowest BCUT2D eigenvalue weighted by Crippen LogP contribution is -2.49. The molecule has 0 spiro atoms. The fourth-order valence-electron chi connectivity index (χ4n) is 3.11. The van der Waals surface area contributed by atoms with Crippen molar-refractivity contribution in [2.45, 2.75) is 45.1 Å². The van der Waals surface area contributed by atoms with E-state index in [-0.39, 0.29) is 35.2 Å². The van der Waals surface area contributed by atoms with E-state index in [1.54, 1.807) is 12.1 Å². The molecule has 0 aliphatic carbocycles. The minimum atomic E-state index is -0.192. The fraction of sp³-hybridized carbons (Fsp3) is 0.632. The van der Waals surface area contributed by atoms with Gasteiger partial charge in [-0.25, -0.2) is 4.39 Å². The molecule has 0 bridgehead atoms. The van der Waals surface area contributed by atoms with Gasteiger partial charge >= 0.3 is 0 Å². The van der Waals surface area contributed by atoms with Gasteiger partial charge in [0.15, 0.2) is 5.96 Å². The number of rotatable bonds is 5. The van der Waals surface area contributed by atoms with E-state index < -0.39 is 0 Å². The van der Waals surface area contributed by atoms with Gasteiger partial charge in [-0.05, 0) is 37.5 Å². The number of aliphatic imine (C=N–C) groups is 1. The molecule has 1 aromatic carbocycles. The second kappa shape index (κ2) is 10.3. The third-order valence-corrected chi connectivity index (χ3v) is 4.65. The lowest BCUT2D eigenvalue weighted by molar-refractivity contribution is 0.0263. The first-order valence-corrected chi connectivity index (χ1v) is 8.79. The molecule has 1 aromatic rings. The minimum Gasteiger partial charge on any atom is -0.378 e. The summed E-state index contributed by atoms with van der Waals surface area (Å²) in [5.74, 6) is 0.720. The van der Waals surface area contributed by atoms with Gasteiger partial charge in [0.25, 0.3) is 0 Å². The number of likely N-dealkylation sites (tertiary alicyclic amines) is 1. The van der Waals surface area contributed by atoms with Gasteiger partial charge in [-0.1, -0.05) is 26.0 Å². The molecule has 1 heterocycles. The number of halogens is 2. The van der Waals surface area contributed by atoms with Gasteiger partial charge in [0.05, 0.1) is 6.10 Å². The number of benzene rings is 1. The first-order chi connectivity index (χ1) is 11.5. The Bertz CT molecular complexity index is 557. The Labute approximate surface area is 168 Å². The van der Waals surface area contributed by atoms with Gasteiger partial charge in [0, 0.05) is 38.7 Å². The Morgan fingerprint density at radius 2 is 2.04 bits per heavy atom. The van der Waals surface area contributed by atoms with Crippen molar-refractivity contribution >= 4 is 29.9 Å². The van der Waals surface area contributed by atoms with E-state index in [4.69, 9.17) is 4.74 Å². The third-order valence-electron chi connectivity index (χ3n) is 4.65. The number of nitrogens with zero attached hydrogens (tertiary/aromatic N) is 2. The average Bonchev–Trinajstić information content (AvgIpc) is 2.57. The maximum Gasteiger partial charge on any atom is 0.193 e. The highest BCUT2D eigenvalue weighted by Gasteiger charge is 2.25. The molecule has 6 heteroatoms. The van der Waals surface area contributed by atoms with Crippen LogP contribution in [0, 0.1) is 5.82 Å². The second-order valence-electron chi connectivity index (χ2n) is 6.94. The van der Waals surface area contributed by atoms with E-state index in [9.17, 15) is 4.39 Å². The average molecular weight is 463 g/mol. The Morgan fingerprint density at radius 1 is 1.36 bits per heavy atom. The van der Waals surface area contributed by atoms with Crippen molar-refractivity contribution in [2.24, 2.45) is 4.99 Å². The summed E-state index contributed by atoms with van der Waals surface area (Å²) >= 11 is 0. The lowest BCUT2D eigenvalue weighted by atomic mass is 9.84. The van der Waals surface area contributed by atoms with Crippen molar-refractivity contribution in [1.82, 2.24) is 10.2 Å². The van der Waals surface area contributed by atoms with E-state index in [2.05, 4.69) is 29.1 Å². The SMILES string of the molecule is CCOC1CCN(C(=NC)NCC(C)(C)c2cccc(F)c2)CC1.I. The van der Waals surface area contributed by atoms with Crippen LogP contribution in [-0.4, -0.2) is 50.3 Å². The van der Waals surface area contributed by atoms with E-state index in [0.29, 0.717) is 12.6 Å². The maximum atomic E-state index is 13.5. The summed E-state index contributed by atoms with van der Waals surface area (Å²) in [6.45, 7) is 9.65. The van der Waals surface area contributed by atoms with E-state index >= 15 is 0 Å². The molecule has 4 nitrogen and oxygen atoms in total. The van der Waals surface area contributed by atoms with E-state index in [1.807, 2.05) is 20.0 Å². The molecule has 0 aromatic heterocycles. The van der Waals surface area contributed by atoms with Crippen molar-refractivity contribution in [1.29, 1.82) is 0 Å². The first kappa shape index (κ1) is 22.2. The predicted octanol–water partition coefficient (Wildman–Crippen LogP) is 3.80. The van der Waals surface area contributed by atoms with Gasteiger partial charge in [0.2, 0.25) is 0 Å². The normalized spacial score (nSPS) is 16.5. The van der Waals surface area contributed by atoms with E-state index in [1.165, 1.54) is 6.07 Å². The Morgan fingerprint density at radius 3 is 2.60 bits per heavy atom. The molecule has 0 unspecified atom stereocenters. The van der Waals surface area contributed by atoms with Crippen LogP contribution in [0.15, 0.2) is 29.3 Å². The Balaban J connectivity index is 0.00000312. The van der Waals surface area contributed by atoms with Crippen LogP contribution in [0.2, 0.25) is 0 Å². The number of guanidine groups is 1. The zero-order valence-electron chi connectivity index (χ0n) is 15.7. The van der Waals surface area contributed by atoms with Gasteiger partial charge in [0.1, 0.15) is 5.82 Å². The summed E-state index contributed by atoms with van der Waals surface area (Å²) in [6, 6.07) is 6.83. The molecule has 2 rings (SSSR count). The van der Waals surface area contributed by atoms with Crippen LogP contribution in [-0.2, 0) is 10.2 Å². The quantitative estimate of drug-likeness (QED) is 0.410. The monoisotopic (exact) mass is 463 g/mol. The maximum absolute atomic E-state index is 13.5. The summed E-state index contributed by atoms with van der Waals surface area (Å²) in [5, 5.41) is 3.46. The summed E-state index contributed by atoms with van der Waals surface area (Å²) in [6.07, 6.45) is 2.43. The lowest BCUT2D eigenvalue weighted by Gasteiger charge is -2.35. The second-order valence-corrected chi connectivity index (χ2v) is 6.94. The van der Waals surface area contributed by atoms with Crippen molar-refractivity contribution < 1.29 is 9.13 Å². The van der Waals surface area contributed by atoms with Gasteiger partial charge in [-0.15, -0.1) is 24.0 Å². The number of nitrogens with one attached hydrogen (secondary N) is 1. The van der Waals surface area contributed by atoms with Gasteiger partial charge in [-0.3, -0.25) is 4.99 Å². The molecule has 1 fully saturated rings. The standard InChI is InChI=1S/C19H30FN3O.HI/c1-5-24-17-9-11-23(12-10-17)18(21-4)22-14-19(2,3)15-7-6-8-16(20)13-15;/h6-8,13,17H,5,9-12,14H2,1-4H3,(H,21,22);1H. The largest absolute Gasteiger partial charge is 0.378 e. The van der Waals surface area contributed by atoms with Crippen LogP contribution < -0.4 is 5.32 Å². The van der Waals surface area contributed by atoms with Crippen LogP contribution in [0.3, 0.4) is 0 Å². The highest BCUT2D eigenvalue weighted by atomic mass is 127. The minimum absolute atomic E-state index is 0. The van der Waals surface area contributed by atoms with Crippen molar-refractivity contribution in [2.75, 3.05) is 33.3 Å². The smallest absolute Gasteiger partial charge is 0.193 e. The number of ether oxygens (including phenoxy) is 1. The highest BCUT2D eigenvalue weighted by molar-refractivity contribution is 14.0. The summed E-state index contributed by atoms with van der Waals surface area (Å²) < 4.78 is 19.2. The van der Waals surface area contributed by atoms with Crippen molar-refractivity contribution in [3.05, 3.63) is 35.6 Å². The van der Waals surface area contributed by atoms with Crippen LogP contribution in [0.4, 0.5) is 4.39 Å². The molecular formula is C19H31FIN3O. The molecule has 1 aliphatic heterocycles. The van der Waals surface area contributed by atoms with Gasteiger partial charge in [-0.2, -0.15) is 0 Å². The fourth-order valence-corrected chi connectivity index (χ4v) is 3.11. The van der Waals surface area contributed by atoms with Crippen molar-refractivity contribution in [3.63, 3.8) is 0 Å². The number of hydrogen-bond acceptors (Lipinski definition) is 2. The molecule has 0 saturated carbocycles. The number of hydrogen-bond donors (Lipinski definition) is 1. The molecular weight excluding hydrogens is 432 g/mol. The molecule has 1 saturated heterocycles. The molecule has 25 heavy (non-hydrogen) atoms. The Kier molecular flexibility index (Phi) is 9.13. The van der Waals surface area contributed by atoms with Gasteiger partial charge < -0.3 is 15.0 Å². The van der Waals surface area contributed by atoms with Crippen LogP contribution in [0.1, 0.15) is 39.2 Å². The molecule has 1 aliphatic rings. The molecule has 0 radical (unpaired) electrons. The molecule has 0 amide bonds. The summed E-state index contributed by atoms with van der Waals surface area (Å²) in [7, 11) is 1.81. The number of piperidine rings is 1. The van der Waals surface area contributed by atoms with Crippen LogP contribution in [0.5, 0.6) is 0 Å². The van der Waals surface area contributed by atoms with Crippen LogP contribution >= 0.6 is 24.0 Å². The first-order valence-electron chi connectivity index (χ1n) is 8.79. The highest BCUT2D eigenvalue weighted by Crippen LogP contribution is 2.23. The van der Waals surface area contributed by atoms with E-state index in [0.717, 1.165) is 44.1 Å². The third kappa shape index (κ3) is 6.40. The zero-order valence-corrected chi connectivity index (χ0v) is 18.0. The zero-order chi connectivity index (χ0) is 17.6. The molecule has 0 atom stereocenters. The molecule has 1 N–H and O–H groups in total. The summed E-state index contributed by atoms with van der Waals surface area (Å²) in [5.41, 5.74) is 0.808.